The Morgan fingerprint density at radius 3 is 2.71 bits per heavy atom. The molecule has 0 aliphatic heterocycles. The van der Waals surface area contributed by atoms with Crippen molar-refractivity contribution in [1.82, 2.24) is 10.2 Å². The van der Waals surface area contributed by atoms with E-state index in [2.05, 4.69) is 10.2 Å². The molecule has 1 saturated carbocycles. The Morgan fingerprint density at radius 1 is 1.71 bits per heavy atom. The number of nitrogens with zero attached hydrogens (tertiary/aromatic N) is 1. The summed E-state index contributed by atoms with van der Waals surface area (Å²) in [5, 5.41) is 2.46. The van der Waals surface area contributed by atoms with E-state index in [1.54, 1.807) is 0 Å². The van der Waals surface area contributed by atoms with Gasteiger partial charge in [-0.05, 0) is 26.8 Å². The summed E-state index contributed by atoms with van der Waals surface area (Å²) in [7, 11) is 2.02. The number of amides is 1. The van der Waals surface area contributed by atoms with E-state index in [4.69, 9.17) is 11.6 Å². The van der Waals surface area contributed by atoms with Gasteiger partial charge in [-0.2, -0.15) is 0 Å². The molecule has 3 nitrogen and oxygen atoms in total. The normalized spacial score (nSPS) is 20.6. The molecule has 1 fully saturated rings. The highest BCUT2D eigenvalue weighted by atomic mass is 35.5. The van der Waals surface area contributed by atoms with Crippen LogP contribution in [-0.4, -0.2) is 42.1 Å². The summed E-state index contributed by atoms with van der Waals surface area (Å²) in [5.74, 6) is -0.747. The van der Waals surface area contributed by atoms with Crippen molar-refractivity contribution in [2.75, 3.05) is 13.6 Å². The molecule has 0 heterocycles. The average Bonchev–Trinajstić information content (AvgIpc) is 2.95. The second kappa shape index (κ2) is 4.94. The number of carbonyl (C=O) groups is 1. The Kier molecular flexibility index (Phi) is 4.13. The number of likely N-dealkylation sites (N-methyl/N-ethyl adjacent to an activating group) is 1. The molecule has 14 heavy (non-hydrogen) atoms. The lowest BCUT2D eigenvalue weighted by atomic mass is 10.3. The van der Waals surface area contributed by atoms with Crippen LogP contribution in [0, 0.1) is 0 Å². The average molecular weight is 223 g/mol. The van der Waals surface area contributed by atoms with Crippen LogP contribution in [-0.2, 0) is 4.79 Å². The Morgan fingerprint density at radius 2 is 2.29 bits per heavy atom. The molecular weight excluding hydrogens is 207 g/mol. The summed E-state index contributed by atoms with van der Waals surface area (Å²) in [4.78, 5) is 13.0. The minimum Gasteiger partial charge on any atom is -0.351 e. The largest absolute Gasteiger partial charge is 0.351 e. The Labute approximate surface area is 88.6 Å². The van der Waals surface area contributed by atoms with E-state index in [9.17, 15) is 9.18 Å². The fourth-order valence-electron chi connectivity index (χ4n) is 1.31. The second-order valence-corrected chi connectivity index (χ2v) is 4.17. The number of halogens is 2. The van der Waals surface area contributed by atoms with Gasteiger partial charge in [0.05, 0.1) is 0 Å². The number of hydrogen-bond acceptors (Lipinski definition) is 2. The number of hydrogen-bond donors (Lipinski definition) is 1. The first-order valence-electron chi connectivity index (χ1n) is 4.80. The lowest BCUT2D eigenvalue weighted by Gasteiger charge is -2.24. The van der Waals surface area contributed by atoms with E-state index in [0.717, 1.165) is 0 Å². The van der Waals surface area contributed by atoms with E-state index in [0.29, 0.717) is 12.6 Å². The van der Waals surface area contributed by atoms with Crippen LogP contribution in [0.1, 0.15) is 19.8 Å². The number of carbonyl (C=O) groups excluding carboxylic acids is 1. The Bertz CT molecular complexity index is 209. The fourth-order valence-corrected chi connectivity index (χ4v) is 1.39. The molecule has 0 bridgehead atoms. The molecule has 1 rings (SSSR count). The van der Waals surface area contributed by atoms with Gasteiger partial charge in [-0.15, -0.1) is 0 Å². The zero-order chi connectivity index (χ0) is 10.7. The summed E-state index contributed by atoms with van der Waals surface area (Å²) >= 11 is 4.97. The van der Waals surface area contributed by atoms with E-state index < -0.39 is 11.5 Å². The lowest BCUT2D eigenvalue weighted by molar-refractivity contribution is -0.123. The highest BCUT2D eigenvalue weighted by Gasteiger charge is 2.29. The third kappa shape index (κ3) is 3.42. The van der Waals surface area contributed by atoms with E-state index >= 15 is 0 Å². The number of rotatable bonds is 5. The molecule has 1 aliphatic rings. The minimum atomic E-state index is -1.94. The Balaban J connectivity index is 2.19. The molecule has 1 aliphatic carbocycles. The van der Waals surface area contributed by atoms with Crippen molar-refractivity contribution in [1.29, 1.82) is 0 Å². The summed E-state index contributed by atoms with van der Waals surface area (Å²) in [6.45, 7) is 2.44. The van der Waals surface area contributed by atoms with Crippen LogP contribution in [0.25, 0.3) is 0 Å². The third-order valence-electron chi connectivity index (χ3n) is 2.59. The molecule has 0 aromatic carbocycles. The highest BCUT2D eigenvalue weighted by molar-refractivity contribution is 6.29. The van der Waals surface area contributed by atoms with Crippen LogP contribution in [0.2, 0.25) is 0 Å². The topological polar surface area (TPSA) is 32.3 Å². The van der Waals surface area contributed by atoms with E-state index in [1.165, 1.54) is 12.8 Å². The smallest absolute Gasteiger partial charge is 0.270 e. The van der Waals surface area contributed by atoms with Crippen molar-refractivity contribution in [2.24, 2.45) is 0 Å². The van der Waals surface area contributed by atoms with Gasteiger partial charge in [0.15, 0.2) is 0 Å². The van der Waals surface area contributed by atoms with Crippen LogP contribution >= 0.6 is 11.6 Å². The van der Waals surface area contributed by atoms with Gasteiger partial charge in [0, 0.05) is 18.6 Å². The molecule has 0 spiro atoms. The monoisotopic (exact) mass is 222 g/mol. The molecule has 1 N–H and O–H groups in total. The van der Waals surface area contributed by atoms with Crippen LogP contribution in [0.5, 0.6) is 0 Å². The lowest BCUT2D eigenvalue weighted by Crippen LogP contribution is -2.42. The first kappa shape index (κ1) is 11.7. The molecule has 0 aromatic rings. The fraction of sp³-hybridized carbons (Fsp3) is 0.889. The molecule has 5 heteroatoms. The van der Waals surface area contributed by atoms with Crippen LogP contribution < -0.4 is 5.32 Å². The molecule has 2 unspecified atom stereocenters. The van der Waals surface area contributed by atoms with Gasteiger partial charge < -0.3 is 5.32 Å². The molecule has 0 aromatic heterocycles. The molecule has 2 atom stereocenters. The van der Waals surface area contributed by atoms with Crippen molar-refractivity contribution in [3.63, 3.8) is 0 Å². The maximum Gasteiger partial charge on any atom is 0.270 e. The zero-order valence-electron chi connectivity index (χ0n) is 8.46. The van der Waals surface area contributed by atoms with Crippen molar-refractivity contribution in [2.45, 2.75) is 37.5 Å². The van der Waals surface area contributed by atoms with Gasteiger partial charge >= 0.3 is 0 Å². The predicted molar refractivity (Wildman–Crippen MR) is 54.0 cm³/mol. The van der Waals surface area contributed by atoms with Gasteiger partial charge in [-0.1, -0.05) is 11.6 Å². The zero-order valence-corrected chi connectivity index (χ0v) is 9.22. The maximum absolute atomic E-state index is 12.3. The number of alkyl halides is 2. The van der Waals surface area contributed by atoms with Crippen LogP contribution in [0.15, 0.2) is 0 Å². The van der Waals surface area contributed by atoms with Crippen molar-refractivity contribution < 1.29 is 9.18 Å². The molecule has 82 valence electrons. The highest BCUT2D eigenvalue weighted by Crippen LogP contribution is 2.26. The third-order valence-corrected chi connectivity index (χ3v) is 2.79. The van der Waals surface area contributed by atoms with Crippen molar-refractivity contribution in [3.05, 3.63) is 0 Å². The number of nitrogens with one attached hydrogen (secondary N) is 1. The summed E-state index contributed by atoms with van der Waals surface area (Å²) < 4.78 is 12.3. The Hall–Kier alpha value is -0.350. The van der Waals surface area contributed by atoms with Crippen LogP contribution in [0.4, 0.5) is 4.39 Å². The molecule has 1 amide bonds. The van der Waals surface area contributed by atoms with Crippen molar-refractivity contribution in [3.8, 4) is 0 Å². The maximum atomic E-state index is 12.3. The molecule has 0 saturated heterocycles. The predicted octanol–water partition coefficient (Wildman–Crippen LogP) is 1.12. The SMILES string of the molecule is CC(CNC(=O)C(F)Cl)N(C)C1CC1. The first-order chi connectivity index (χ1) is 6.52. The summed E-state index contributed by atoms with van der Waals surface area (Å²) in [5.41, 5.74) is -1.94. The quantitative estimate of drug-likeness (QED) is 0.708. The van der Waals surface area contributed by atoms with E-state index in [-0.39, 0.29) is 6.04 Å². The first-order valence-corrected chi connectivity index (χ1v) is 5.23. The van der Waals surface area contributed by atoms with Crippen molar-refractivity contribution >= 4 is 17.5 Å². The van der Waals surface area contributed by atoms with Gasteiger partial charge in [-0.25, -0.2) is 4.39 Å². The molecular formula is C9H16ClFN2O. The van der Waals surface area contributed by atoms with E-state index in [1.807, 2.05) is 14.0 Å². The van der Waals surface area contributed by atoms with Gasteiger partial charge in [0.2, 0.25) is 0 Å². The van der Waals surface area contributed by atoms with Crippen LogP contribution in [0.3, 0.4) is 0 Å². The molecule has 0 radical (unpaired) electrons. The summed E-state index contributed by atoms with van der Waals surface area (Å²) in [6, 6.07) is 0.862. The van der Waals surface area contributed by atoms with Gasteiger partial charge in [0.25, 0.3) is 11.5 Å². The van der Waals surface area contributed by atoms with Gasteiger partial charge in [-0.3, -0.25) is 9.69 Å². The van der Waals surface area contributed by atoms with Gasteiger partial charge in [0.1, 0.15) is 0 Å². The minimum absolute atomic E-state index is 0.224. The second-order valence-electron chi connectivity index (χ2n) is 3.79. The standard InChI is InChI=1S/C9H16ClFN2O/c1-6(13(2)7-3-4-7)5-12-9(14)8(10)11/h6-8H,3-5H2,1-2H3,(H,12,14). The summed E-state index contributed by atoms with van der Waals surface area (Å²) in [6.07, 6.45) is 2.44.